The van der Waals surface area contributed by atoms with E-state index in [0.29, 0.717) is 30.9 Å². The number of aliphatic hydroxyl groups excluding tert-OH is 1. The van der Waals surface area contributed by atoms with Crippen molar-refractivity contribution in [2.24, 2.45) is 0 Å². The molecule has 24 heavy (non-hydrogen) atoms. The van der Waals surface area contributed by atoms with E-state index in [0.717, 1.165) is 22.3 Å². The van der Waals surface area contributed by atoms with Crippen LogP contribution in [0.2, 0.25) is 0 Å². The van der Waals surface area contributed by atoms with Crippen LogP contribution in [0.1, 0.15) is 24.0 Å². The van der Waals surface area contributed by atoms with Gasteiger partial charge in [-0.15, -0.1) is 0 Å². The van der Waals surface area contributed by atoms with Gasteiger partial charge in [0.15, 0.2) is 0 Å². The van der Waals surface area contributed by atoms with Gasteiger partial charge in [0, 0.05) is 41.0 Å². The fourth-order valence-electron chi connectivity index (χ4n) is 3.38. The van der Waals surface area contributed by atoms with E-state index in [4.69, 9.17) is 9.47 Å². The third kappa shape index (κ3) is 2.37. The second kappa shape index (κ2) is 5.76. The SMILES string of the molecule is OCCCC1Oc2cc(O)ccc2C2=C1c1ccc(O)cc1OC2. The average Bonchev–Trinajstić information content (AvgIpc) is 2.58. The summed E-state index contributed by atoms with van der Waals surface area (Å²) in [6.07, 6.45) is 1.04. The van der Waals surface area contributed by atoms with E-state index in [1.807, 2.05) is 12.1 Å². The summed E-state index contributed by atoms with van der Waals surface area (Å²) in [4.78, 5) is 0. The molecule has 4 rings (SSSR count). The van der Waals surface area contributed by atoms with Gasteiger partial charge in [0.25, 0.3) is 0 Å². The Bertz CT molecular complexity index is 825. The molecule has 1 unspecified atom stereocenters. The van der Waals surface area contributed by atoms with Crippen LogP contribution in [0.25, 0.3) is 11.1 Å². The van der Waals surface area contributed by atoms with Gasteiger partial charge in [-0.05, 0) is 37.1 Å². The summed E-state index contributed by atoms with van der Waals surface area (Å²) in [7, 11) is 0. The molecule has 0 bridgehead atoms. The molecule has 0 saturated carbocycles. The van der Waals surface area contributed by atoms with Crippen molar-refractivity contribution < 1.29 is 24.8 Å². The van der Waals surface area contributed by atoms with Crippen molar-refractivity contribution in [1.82, 2.24) is 0 Å². The Labute approximate surface area is 139 Å². The molecular weight excluding hydrogens is 308 g/mol. The van der Waals surface area contributed by atoms with Gasteiger partial charge in [-0.25, -0.2) is 0 Å². The first-order valence-corrected chi connectivity index (χ1v) is 7.97. The number of rotatable bonds is 3. The van der Waals surface area contributed by atoms with Crippen LogP contribution in [0.4, 0.5) is 0 Å². The predicted molar refractivity (Wildman–Crippen MR) is 89.3 cm³/mol. The summed E-state index contributed by atoms with van der Waals surface area (Å²) >= 11 is 0. The minimum absolute atomic E-state index is 0.0916. The van der Waals surface area contributed by atoms with E-state index in [-0.39, 0.29) is 24.2 Å². The van der Waals surface area contributed by atoms with Crippen molar-refractivity contribution >= 4 is 11.1 Å². The molecule has 5 heteroatoms. The van der Waals surface area contributed by atoms with Gasteiger partial charge >= 0.3 is 0 Å². The van der Waals surface area contributed by atoms with Crippen LogP contribution in [0.3, 0.4) is 0 Å². The van der Waals surface area contributed by atoms with E-state index >= 15 is 0 Å². The molecule has 2 aliphatic heterocycles. The molecular formula is C19H18O5. The molecule has 0 aliphatic carbocycles. The Morgan fingerprint density at radius 2 is 1.67 bits per heavy atom. The van der Waals surface area contributed by atoms with Crippen LogP contribution < -0.4 is 9.47 Å². The molecule has 0 amide bonds. The van der Waals surface area contributed by atoms with Crippen LogP contribution in [0, 0.1) is 0 Å². The van der Waals surface area contributed by atoms with E-state index < -0.39 is 0 Å². The topological polar surface area (TPSA) is 79.2 Å². The lowest BCUT2D eigenvalue weighted by Gasteiger charge is -2.35. The Hall–Kier alpha value is -2.66. The Balaban J connectivity index is 1.88. The van der Waals surface area contributed by atoms with Gasteiger partial charge in [-0.2, -0.15) is 0 Å². The molecule has 2 aromatic carbocycles. The highest BCUT2D eigenvalue weighted by Gasteiger charge is 2.34. The third-order valence-electron chi connectivity index (χ3n) is 4.46. The molecule has 0 radical (unpaired) electrons. The first-order valence-electron chi connectivity index (χ1n) is 7.97. The maximum Gasteiger partial charge on any atom is 0.131 e. The molecule has 2 heterocycles. The summed E-state index contributed by atoms with van der Waals surface area (Å²) < 4.78 is 12.0. The number of aliphatic hydroxyl groups is 1. The second-order valence-electron chi connectivity index (χ2n) is 6.01. The van der Waals surface area contributed by atoms with Crippen molar-refractivity contribution in [3.05, 3.63) is 47.5 Å². The smallest absolute Gasteiger partial charge is 0.131 e. The summed E-state index contributed by atoms with van der Waals surface area (Å²) in [6, 6.07) is 10.1. The van der Waals surface area contributed by atoms with Crippen LogP contribution in [0.15, 0.2) is 36.4 Å². The minimum atomic E-state index is -0.228. The number of hydrogen-bond donors (Lipinski definition) is 3. The van der Waals surface area contributed by atoms with E-state index in [1.54, 1.807) is 24.3 Å². The number of phenolic OH excluding ortho intramolecular Hbond substituents is 2. The number of ether oxygens (including phenoxy) is 2. The summed E-state index contributed by atoms with van der Waals surface area (Å²) in [5, 5.41) is 28.6. The number of phenols is 2. The quantitative estimate of drug-likeness (QED) is 0.808. The zero-order chi connectivity index (χ0) is 16.7. The van der Waals surface area contributed by atoms with Crippen molar-refractivity contribution in [1.29, 1.82) is 0 Å². The van der Waals surface area contributed by atoms with Crippen LogP contribution in [-0.4, -0.2) is 34.6 Å². The van der Waals surface area contributed by atoms with E-state index in [1.165, 1.54) is 0 Å². The summed E-state index contributed by atoms with van der Waals surface area (Å²) in [5.74, 6) is 1.57. The number of fused-ring (bicyclic) bond motifs is 4. The average molecular weight is 326 g/mol. The third-order valence-corrected chi connectivity index (χ3v) is 4.46. The van der Waals surface area contributed by atoms with Crippen LogP contribution in [0.5, 0.6) is 23.0 Å². The first-order chi connectivity index (χ1) is 11.7. The molecule has 124 valence electrons. The van der Waals surface area contributed by atoms with Crippen molar-refractivity contribution in [2.45, 2.75) is 18.9 Å². The lowest BCUT2D eigenvalue weighted by atomic mass is 9.85. The van der Waals surface area contributed by atoms with Crippen molar-refractivity contribution in [3.8, 4) is 23.0 Å². The van der Waals surface area contributed by atoms with Crippen LogP contribution in [-0.2, 0) is 0 Å². The molecule has 5 nitrogen and oxygen atoms in total. The zero-order valence-electron chi connectivity index (χ0n) is 13.0. The highest BCUT2D eigenvalue weighted by atomic mass is 16.5. The molecule has 2 aromatic rings. The normalized spacial score (nSPS) is 18.1. The molecule has 2 aliphatic rings. The second-order valence-corrected chi connectivity index (χ2v) is 6.01. The van der Waals surface area contributed by atoms with Crippen LogP contribution >= 0.6 is 0 Å². The molecule has 0 saturated heterocycles. The lowest BCUT2D eigenvalue weighted by Crippen LogP contribution is -2.28. The fourth-order valence-corrected chi connectivity index (χ4v) is 3.38. The summed E-state index contributed by atoms with van der Waals surface area (Å²) in [5.41, 5.74) is 3.86. The van der Waals surface area contributed by atoms with Crippen molar-refractivity contribution in [2.75, 3.05) is 13.2 Å². The van der Waals surface area contributed by atoms with Gasteiger partial charge in [0.2, 0.25) is 0 Å². The Morgan fingerprint density at radius 3 is 2.42 bits per heavy atom. The largest absolute Gasteiger partial charge is 0.508 e. The number of benzene rings is 2. The zero-order valence-corrected chi connectivity index (χ0v) is 13.0. The standard InChI is InChI=1S/C19H18O5/c20-7-1-2-16-19-14-6-4-11(21)8-17(14)23-10-15(19)13-5-3-12(22)9-18(13)24-16/h3-6,8-9,16,20-22H,1-2,7,10H2. The van der Waals surface area contributed by atoms with Gasteiger partial charge in [0.1, 0.15) is 35.7 Å². The summed E-state index contributed by atoms with van der Waals surface area (Å²) in [6.45, 7) is 0.469. The molecule has 0 spiro atoms. The molecule has 1 atom stereocenters. The van der Waals surface area contributed by atoms with E-state index in [9.17, 15) is 15.3 Å². The number of aromatic hydroxyl groups is 2. The van der Waals surface area contributed by atoms with Gasteiger partial charge in [-0.3, -0.25) is 0 Å². The fraction of sp³-hybridized carbons (Fsp3) is 0.263. The van der Waals surface area contributed by atoms with Gasteiger partial charge in [0.05, 0.1) is 0 Å². The maximum atomic E-state index is 9.74. The predicted octanol–water partition coefficient (Wildman–Crippen LogP) is 2.93. The van der Waals surface area contributed by atoms with Gasteiger partial charge in [-0.1, -0.05) is 0 Å². The molecule has 0 fully saturated rings. The lowest BCUT2D eigenvalue weighted by molar-refractivity contribution is 0.210. The van der Waals surface area contributed by atoms with Crippen molar-refractivity contribution in [3.63, 3.8) is 0 Å². The minimum Gasteiger partial charge on any atom is -0.508 e. The molecule has 3 N–H and O–H groups in total. The highest BCUT2D eigenvalue weighted by Crippen LogP contribution is 2.48. The van der Waals surface area contributed by atoms with E-state index in [2.05, 4.69) is 0 Å². The maximum absolute atomic E-state index is 9.74. The molecule has 0 aromatic heterocycles. The Kier molecular flexibility index (Phi) is 3.58. The highest BCUT2D eigenvalue weighted by molar-refractivity contribution is 5.99. The first kappa shape index (κ1) is 14.9. The Morgan fingerprint density at radius 1 is 0.958 bits per heavy atom. The van der Waals surface area contributed by atoms with Gasteiger partial charge < -0.3 is 24.8 Å². The number of hydrogen-bond acceptors (Lipinski definition) is 5. The monoisotopic (exact) mass is 326 g/mol.